The van der Waals surface area contributed by atoms with Gasteiger partial charge in [-0.25, -0.2) is 13.6 Å². The number of ketones is 1. The van der Waals surface area contributed by atoms with Crippen LogP contribution in [0.2, 0.25) is 0 Å². The Bertz CT molecular complexity index is 1500. The summed E-state index contributed by atoms with van der Waals surface area (Å²) in [6.45, 7) is 13.5. The molecule has 5 aliphatic rings. The van der Waals surface area contributed by atoms with Crippen molar-refractivity contribution in [3.8, 4) is 0 Å². The molecule has 3 aliphatic heterocycles. The number of Topliss-reactive ketones (excluding diaryl/α,β-unsaturated/α-hetero) is 1. The fourth-order valence-electron chi connectivity index (χ4n) is 8.53. The second-order valence-electron chi connectivity index (χ2n) is 18.9. The molecule has 3 heterocycles. The molecule has 0 radical (unpaired) electrons. The number of carbonyl (C=O) groups excluding carboxylic acids is 7. The van der Waals surface area contributed by atoms with Gasteiger partial charge >= 0.3 is 6.03 Å². The lowest BCUT2D eigenvalue weighted by molar-refractivity contribution is -0.153. The number of alkyl halides is 2. The lowest BCUT2D eigenvalue weighted by Gasteiger charge is -2.40. The zero-order chi connectivity index (χ0) is 40.0. The van der Waals surface area contributed by atoms with E-state index in [0.717, 1.165) is 12.8 Å². The highest BCUT2D eigenvalue weighted by molar-refractivity contribution is 6.38. The molecular formula is C39H60F2N6O7. The van der Waals surface area contributed by atoms with Gasteiger partial charge < -0.3 is 26.2 Å². The van der Waals surface area contributed by atoms with Gasteiger partial charge in [-0.1, -0.05) is 61.3 Å². The Kier molecular flexibility index (Phi) is 11.9. The molecule has 0 aromatic heterocycles. The second-order valence-corrected chi connectivity index (χ2v) is 18.9. The molecule has 0 unspecified atom stereocenters. The summed E-state index contributed by atoms with van der Waals surface area (Å²) in [6, 6.07) is -4.95. The monoisotopic (exact) mass is 762 g/mol. The van der Waals surface area contributed by atoms with E-state index < -0.39 is 83.3 Å². The van der Waals surface area contributed by atoms with Gasteiger partial charge in [-0.3, -0.25) is 33.7 Å². The van der Waals surface area contributed by atoms with E-state index in [1.807, 2.05) is 48.5 Å². The third-order valence-electron chi connectivity index (χ3n) is 12.3. The van der Waals surface area contributed by atoms with Crippen molar-refractivity contribution in [2.24, 2.45) is 28.1 Å². The van der Waals surface area contributed by atoms with Crippen LogP contribution >= 0.6 is 0 Å². The predicted molar refractivity (Wildman–Crippen MR) is 195 cm³/mol. The van der Waals surface area contributed by atoms with E-state index in [1.165, 1.54) is 9.80 Å². The maximum absolute atomic E-state index is 14.9. The minimum atomic E-state index is -3.03. The smallest absolute Gasteiger partial charge is 0.315 e. The normalized spacial score (nSPS) is 30.7. The van der Waals surface area contributed by atoms with Crippen molar-refractivity contribution in [1.29, 1.82) is 0 Å². The summed E-state index contributed by atoms with van der Waals surface area (Å²) in [5.74, 6) is -6.83. The molecule has 3 saturated heterocycles. The summed E-state index contributed by atoms with van der Waals surface area (Å²) >= 11 is 0. The summed E-state index contributed by atoms with van der Waals surface area (Å²) in [5, 5.41) is 11.0. The third-order valence-corrected chi connectivity index (χ3v) is 12.3. The Labute approximate surface area is 317 Å². The number of carbonyl (C=O) groups is 7. The van der Waals surface area contributed by atoms with Gasteiger partial charge in [-0.05, 0) is 66.6 Å². The molecule has 0 aromatic carbocycles. The predicted octanol–water partition coefficient (Wildman–Crippen LogP) is 3.83. The van der Waals surface area contributed by atoms with E-state index in [4.69, 9.17) is 0 Å². The standard InChI is InChI=1S/C39H60F2N6O7/c1-36(2,3)26(21-46-27(48)18-37(4,5)19-28(46)49)45-35(54)44-25-12-9-8-10-16-39(40,41)17-11-13-24(31(50)33(52)42-22-14-15-22)43-32(51)30-29-23(38(29,6)7)20-47(30)34(25)53/h22-26,29-30H,8-21H2,1-7H3,(H,42,52)(H,43,51)(H2,44,45,54)/t23-,24-,25-,26+,29-,30-/m0/s1. The lowest BCUT2D eigenvalue weighted by Crippen LogP contribution is -2.61. The lowest BCUT2D eigenvalue weighted by atomic mass is 9.80. The van der Waals surface area contributed by atoms with Crippen molar-refractivity contribution >= 4 is 41.4 Å². The van der Waals surface area contributed by atoms with Crippen LogP contribution in [-0.4, -0.2) is 100 Å². The van der Waals surface area contributed by atoms with E-state index in [-0.39, 0.29) is 86.7 Å². The van der Waals surface area contributed by atoms with Crippen molar-refractivity contribution < 1.29 is 42.3 Å². The van der Waals surface area contributed by atoms with Crippen molar-refractivity contribution in [2.75, 3.05) is 13.1 Å². The highest BCUT2D eigenvalue weighted by atomic mass is 19.3. The Morgan fingerprint density at radius 1 is 0.870 bits per heavy atom. The Morgan fingerprint density at radius 2 is 1.50 bits per heavy atom. The molecular weight excluding hydrogens is 702 g/mol. The second kappa shape index (κ2) is 15.5. The molecule has 4 N–H and O–H groups in total. The van der Waals surface area contributed by atoms with Gasteiger partial charge in [0.1, 0.15) is 12.1 Å². The maximum atomic E-state index is 14.9. The van der Waals surface area contributed by atoms with Gasteiger partial charge in [-0.15, -0.1) is 0 Å². The van der Waals surface area contributed by atoms with E-state index >= 15 is 0 Å². The van der Waals surface area contributed by atoms with Gasteiger partial charge in [0.15, 0.2) is 0 Å². The molecule has 13 nitrogen and oxygen atoms in total. The molecule has 0 aromatic rings. The molecule has 54 heavy (non-hydrogen) atoms. The third kappa shape index (κ3) is 9.77. The van der Waals surface area contributed by atoms with Crippen LogP contribution in [0.5, 0.6) is 0 Å². The number of halogens is 2. The average Bonchev–Trinajstić information content (AvgIpc) is 3.89. The Morgan fingerprint density at radius 3 is 2.11 bits per heavy atom. The van der Waals surface area contributed by atoms with Crippen molar-refractivity contribution in [1.82, 2.24) is 31.1 Å². The van der Waals surface area contributed by atoms with Gasteiger partial charge in [0.05, 0.1) is 12.1 Å². The van der Waals surface area contributed by atoms with Crippen LogP contribution in [0.4, 0.5) is 13.6 Å². The number of imide groups is 1. The first-order chi connectivity index (χ1) is 25.0. The number of fused-ring (bicyclic) bond motifs is 3. The molecule has 5 rings (SSSR count). The number of rotatable bonds is 7. The quantitative estimate of drug-likeness (QED) is 0.225. The van der Waals surface area contributed by atoms with E-state index in [9.17, 15) is 42.3 Å². The zero-order valence-corrected chi connectivity index (χ0v) is 32.9. The largest absolute Gasteiger partial charge is 0.347 e. The minimum absolute atomic E-state index is 0.0189. The van der Waals surface area contributed by atoms with Crippen LogP contribution in [0, 0.1) is 28.1 Å². The van der Waals surface area contributed by atoms with E-state index in [1.54, 1.807) is 0 Å². The first-order valence-corrected chi connectivity index (χ1v) is 19.7. The number of nitrogens with zero attached hydrogens (tertiary/aromatic N) is 2. The van der Waals surface area contributed by atoms with Crippen LogP contribution in [0.25, 0.3) is 0 Å². The van der Waals surface area contributed by atoms with Gasteiger partial charge in [0, 0.05) is 44.8 Å². The van der Waals surface area contributed by atoms with Crippen LogP contribution < -0.4 is 21.3 Å². The minimum Gasteiger partial charge on any atom is -0.347 e. The molecule has 7 amide bonds. The number of amides is 7. The molecule has 15 heteroatoms. The highest BCUT2D eigenvalue weighted by Gasteiger charge is 2.69. The SMILES string of the molecule is CC1(C)CC(=O)N(C[C@@H](NC(=O)N[C@H]2CCCCCC(F)(F)CCC[C@@H](C(=O)C(=O)NC3CC3)NC(=O)[C@@H]3[C@@H]4[C@H](CN3C2=O)C4(C)C)C(C)(C)C)C(=O)C1. The van der Waals surface area contributed by atoms with Crippen LogP contribution in [0.1, 0.15) is 126 Å². The summed E-state index contributed by atoms with van der Waals surface area (Å²) in [6.07, 6.45) is 1.74. The van der Waals surface area contributed by atoms with E-state index in [2.05, 4.69) is 21.3 Å². The molecule has 2 saturated carbocycles. The van der Waals surface area contributed by atoms with Crippen molar-refractivity contribution in [2.45, 2.75) is 162 Å². The Balaban J connectivity index is 1.36. The average molecular weight is 763 g/mol. The number of nitrogens with one attached hydrogen (secondary N) is 4. The zero-order valence-electron chi connectivity index (χ0n) is 32.9. The molecule has 0 spiro atoms. The summed E-state index contributed by atoms with van der Waals surface area (Å²) in [4.78, 5) is 97.0. The molecule has 2 aliphatic carbocycles. The van der Waals surface area contributed by atoms with Crippen LogP contribution in [0.3, 0.4) is 0 Å². The number of urea groups is 1. The van der Waals surface area contributed by atoms with Crippen molar-refractivity contribution in [3.05, 3.63) is 0 Å². The first-order valence-electron chi connectivity index (χ1n) is 19.7. The van der Waals surface area contributed by atoms with Crippen molar-refractivity contribution in [3.63, 3.8) is 0 Å². The number of likely N-dealkylation sites (tertiary alicyclic amines) is 1. The number of hydrogen-bond acceptors (Lipinski definition) is 7. The highest BCUT2D eigenvalue weighted by Crippen LogP contribution is 2.65. The topological polar surface area (TPSA) is 174 Å². The molecule has 6 atom stereocenters. The first kappa shape index (κ1) is 41.5. The van der Waals surface area contributed by atoms with Gasteiger partial charge in [0.25, 0.3) is 5.91 Å². The van der Waals surface area contributed by atoms with E-state index in [0.29, 0.717) is 12.8 Å². The number of hydrogen-bond donors (Lipinski definition) is 4. The number of piperidine rings is 2. The Hall–Kier alpha value is -3.65. The molecule has 302 valence electrons. The van der Waals surface area contributed by atoms with Gasteiger partial charge in [0.2, 0.25) is 35.3 Å². The fraction of sp³-hybridized carbons (Fsp3) is 0.821. The summed E-state index contributed by atoms with van der Waals surface area (Å²) < 4.78 is 29.9. The maximum Gasteiger partial charge on any atom is 0.315 e. The fourth-order valence-corrected chi connectivity index (χ4v) is 8.53. The summed E-state index contributed by atoms with van der Waals surface area (Å²) in [5.41, 5.74) is -1.35. The van der Waals surface area contributed by atoms with Crippen LogP contribution in [0.15, 0.2) is 0 Å². The molecule has 0 bridgehead atoms. The summed E-state index contributed by atoms with van der Waals surface area (Å²) in [7, 11) is 0. The van der Waals surface area contributed by atoms with Crippen LogP contribution in [-0.2, 0) is 28.8 Å². The van der Waals surface area contributed by atoms with Gasteiger partial charge in [-0.2, -0.15) is 0 Å². The molecule has 5 fully saturated rings.